The van der Waals surface area contributed by atoms with Gasteiger partial charge in [0, 0.05) is 29.6 Å². The summed E-state index contributed by atoms with van der Waals surface area (Å²) in [5, 5.41) is 13.3. The summed E-state index contributed by atoms with van der Waals surface area (Å²) in [6, 6.07) is 13.4. The third-order valence-corrected chi connectivity index (χ3v) is 5.81. The van der Waals surface area contributed by atoms with Crippen molar-refractivity contribution in [1.29, 1.82) is 5.26 Å². The molecule has 0 radical (unpaired) electrons. The molecular weight excluding hydrogens is 429 g/mol. The van der Waals surface area contributed by atoms with Crippen LogP contribution in [0.5, 0.6) is 0 Å². The Morgan fingerprint density at radius 2 is 1.88 bits per heavy atom. The Hall–Kier alpha value is -3.24. The van der Waals surface area contributed by atoms with Crippen LogP contribution in [0.1, 0.15) is 37.7 Å². The molecule has 2 fully saturated rings. The second-order valence-corrected chi connectivity index (χ2v) is 8.27. The highest BCUT2D eigenvalue weighted by molar-refractivity contribution is 5.92. The lowest BCUT2D eigenvalue weighted by atomic mass is 10.0. The summed E-state index contributed by atoms with van der Waals surface area (Å²) >= 11 is 0. The number of hydrogen-bond donors (Lipinski definition) is 1. The first kappa shape index (κ1) is 22.0. The van der Waals surface area contributed by atoms with E-state index < -0.39 is 0 Å². The number of anilines is 1. The molecule has 1 aromatic heterocycles. The molecule has 0 aliphatic heterocycles. The van der Waals surface area contributed by atoms with Crippen molar-refractivity contribution in [3.63, 3.8) is 0 Å². The van der Waals surface area contributed by atoms with Gasteiger partial charge >= 0.3 is 0 Å². The molecular formula is C24H23ClFN5O. The monoisotopic (exact) mass is 451 g/mol. The lowest BCUT2D eigenvalue weighted by Crippen LogP contribution is -2.32. The third-order valence-electron chi connectivity index (χ3n) is 5.81. The molecule has 6 nitrogen and oxygen atoms in total. The van der Waals surface area contributed by atoms with Gasteiger partial charge in [0.25, 0.3) is 0 Å². The number of rotatable bonds is 7. The fourth-order valence-electron chi connectivity index (χ4n) is 3.81. The van der Waals surface area contributed by atoms with Gasteiger partial charge in [-0.1, -0.05) is 12.1 Å². The van der Waals surface area contributed by atoms with Crippen LogP contribution in [0.25, 0.3) is 22.0 Å². The van der Waals surface area contributed by atoms with Gasteiger partial charge in [-0.3, -0.25) is 4.79 Å². The topological polar surface area (TPSA) is 81.9 Å². The standard InChI is InChI=1S/C24H22FN5O.ClH/c25-21-7-1-15(11-17(21)13-30(19-5-6-19)23(31)9-10-26)16-2-8-22-20(12-16)24(28-14-27-22)29-18-3-4-18;/h1-2,7-8,11-12,14,18-19H,3-6,9,13H2,(H,27,28,29);1H. The van der Waals surface area contributed by atoms with Gasteiger partial charge in [-0.15, -0.1) is 12.4 Å². The molecule has 3 aromatic rings. The van der Waals surface area contributed by atoms with E-state index in [-0.39, 0.29) is 43.1 Å². The van der Waals surface area contributed by atoms with Gasteiger partial charge in [-0.05, 0) is 61.1 Å². The summed E-state index contributed by atoms with van der Waals surface area (Å²) < 4.78 is 14.6. The van der Waals surface area contributed by atoms with Crippen molar-refractivity contribution in [3.05, 3.63) is 54.1 Å². The Labute approximate surface area is 191 Å². The minimum absolute atomic E-state index is 0. The van der Waals surface area contributed by atoms with Crippen molar-refractivity contribution in [2.45, 2.75) is 50.7 Å². The molecule has 0 atom stereocenters. The second kappa shape index (κ2) is 9.09. The van der Waals surface area contributed by atoms with Gasteiger partial charge in [0.2, 0.25) is 5.91 Å². The smallest absolute Gasteiger partial charge is 0.237 e. The predicted octanol–water partition coefficient (Wildman–Crippen LogP) is 4.84. The lowest BCUT2D eigenvalue weighted by Gasteiger charge is -2.22. The van der Waals surface area contributed by atoms with Crippen LogP contribution in [0.2, 0.25) is 0 Å². The molecule has 0 spiro atoms. The molecule has 0 bridgehead atoms. The highest BCUT2D eigenvalue weighted by atomic mass is 35.5. The van der Waals surface area contributed by atoms with Gasteiger partial charge in [0.15, 0.2) is 0 Å². The molecule has 2 aromatic carbocycles. The summed E-state index contributed by atoms with van der Waals surface area (Å²) in [6.07, 6.45) is 5.48. The Kier molecular flexibility index (Phi) is 6.24. The Morgan fingerprint density at radius 3 is 2.59 bits per heavy atom. The van der Waals surface area contributed by atoms with Gasteiger partial charge < -0.3 is 10.2 Å². The van der Waals surface area contributed by atoms with E-state index in [4.69, 9.17) is 5.26 Å². The van der Waals surface area contributed by atoms with Gasteiger partial charge in [0.1, 0.15) is 24.4 Å². The Bertz CT molecular complexity index is 1200. The molecule has 0 unspecified atom stereocenters. The minimum atomic E-state index is -0.348. The first-order valence-corrected chi connectivity index (χ1v) is 10.6. The van der Waals surface area contributed by atoms with Crippen molar-refractivity contribution in [2.24, 2.45) is 0 Å². The predicted molar refractivity (Wildman–Crippen MR) is 123 cm³/mol. The number of fused-ring (bicyclic) bond motifs is 1. The largest absolute Gasteiger partial charge is 0.367 e. The van der Waals surface area contributed by atoms with Crippen LogP contribution in [-0.4, -0.2) is 32.9 Å². The van der Waals surface area contributed by atoms with Crippen molar-refractivity contribution >= 4 is 35.0 Å². The van der Waals surface area contributed by atoms with Crippen LogP contribution in [0.3, 0.4) is 0 Å². The van der Waals surface area contributed by atoms with Gasteiger partial charge in [-0.2, -0.15) is 5.26 Å². The zero-order valence-electron chi connectivity index (χ0n) is 17.4. The summed E-state index contributed by atoms with van der Waals surface area (Å²) in [5.74, 6) is 0.228. The van der Waals surface area contributed by atoms with E-state index in [1.807, 2.05) is 24.3 Å². The maximum absolute atomic E-state index is 14.6. The number of nitrogens with zero attached hydrogens (tertiary/aromatic N) is 4. The lowest BCUT2D eigenvalue weighted by molar-refractivity contribution is -0.131. The van der Waals surface area contributed by atoms with Crippen molar-refractivity contribution in [2.75, 3.05) is 5.32 Å². The van der Waals surface area contributed by atoms with Crippen LogP contribution < -0.4 is 5.32 Å². The fourth-order valence-corrected chi connectivity index (χ4v) is 3.81. The van der Waals surface area contributed by atoms with E-state index in [9.17, 15) is 9.18 Å². The molecule has 5 rings (SSSR count). The van der Waals surface area contributed by atoms with Crippen molar-refractivity contribution in [3.8, 4) is 17.2 Å². The molecule has 1 N–H and O–H groups in total. The molecule has 1 heterocycles. The van der Waals surface area contributed by atoms with E-state index in [1.54, 1.807) is 23.4 Å². The summed E-state index contributed by atoms with van der Waals surface area (Å²) in [7, 11) is 0. The third kappa shape index (κ3) is 4.66. The van der Waals surface area contributed by atoms with Crippen molar-refractivity contribution < 1.29 is 9.18 Å². The number of benzene rings is 2. The molecule has 8 heteroatoms. The normalized spacial score (nSPS) is 15.0. The maximum Gasteiger partial charge on any atom is 0.237 e. The zero-order chi connectivity index (χ0) is 21.4. The second-order valence-electron chi connectivity index (χ2n) is 8.27. The first-order valence-electron chi connectivity index (χ1n) is 10.6. The molecule has 1 amide bonds. The zero-order valence-corrected chi connectivity index (χ0v) is 18.2. The quantitative estimate of drug-likeness (QED) is 0.556. The Balaban J connectivity index is 0.00000245. The number of halogens is 2. The number of carbonyl (C=O) groups excluding carboxylic acids is 1. The first-order chi connectivity index (χ1) is 15.1. The maximum atomic E-state index is 14.6. The van der Waals surface area contributed by atoms with Crippen molar-refractivity contribution in [1.82, 2.24) is 14.9 Å². The number of aromatic nitrogens is 2. The van der Waals surface area contributed by atoms with Gasteiger partial charge in [0.05, 0.1) is 11.6 Å². The minimum Gasteiger partial charge on any atom is -0.367 e. The Morgan fingerprint density at radius 1 is 1.12 bits per heavy atom. The molecule has 32 heavy (non-hydrogen) atoms. The molecule has 2 saturated carbocycles. The highest BCUT2D eigenvalue weighted by Gasteiger charge is 2.32. The van der Waals surface area contributed by atoms with E-state index >= 15 is 0 Å². The number of amides is 1. The summed E-state index contributed by atoms with van der Waals surface area (Å²) in [4.78, 5) is 22.7. The van der Waals surface area contributed by atoms with Crippen LogP contribution in [-0.2, 0) is 11.3 Å². The number of carbonyl (C=O) groups is 1. The van der Waals surface area contributed by atoms with E-state index in [2.05, 4.69) is 15.3 Å². The number of nitriles is 1. The van der Waals surface area contributed by atoms with E-state index in [0.29, 0.717) is 11.6 Å². The SMILES string of the molecule is Cl.N#CCC(=O)N(Cc1cc(-c2ccc3ncnc(NC4CC4)c3c2)ccc1F)C1CC1. The molecule has 2 aliphatic carbocycles. The number of nitrogens with one attached hydrogen (secondary N) is 1. The van der Waals surface area contributed by atoms with Crippen LogP contribution in [0.4, 0.5) is 10.2 Å². The average molecular weight is 452 g/mol. The number of hydrogen-bond acceptors (Lipinski definition) is 5. The highest BCUT2D eigenvalue weighted by Crippen LogP contribution is 2.33. The van der Waals surface area contributed by atoms with Crippen LogP contribution in [0, 0.1) is 17.1 Å². The van der Waals surface area contributed by atoms with Crippen LogP contribution in [0.15, 0.2) is 42.7 Å². The molecule has 2 aliphatic rings. The molecule has 164 valence electrons. The van der Waals surface area contributed by atoms with E-state index in [0.717, 1.165) is 53.5 Å². The fraction of sp³-hybridized carbons (Fsp3) is 0.333. The van der Waals surface area contributed by atoms with E-state index in [1.165, 1.54) is 6.07 Å². The molecule has 0 saturated heterocycles. The van der Waals surface area contributed by atoms with Crippen LogP contribution >= 0.6 is 12.4 Å². The average Bonchev–Trinajstić information content (AvgIpc) is 3.68. The van der Waals surface area contributed by atoms with Gasteiger partial charge in [-0.25, -0.2) is 14.4 Å². The summed E-state index contributed by atoms with van der Waals surface area (Å²) in [6.45, 7) is 0.177. The summed E-state index contributed by atoms with van der Waals surface area (Å²) in [5.41, 5.74) is 3.11.